The zero-order valence-corrected chi connectivity index (χ0v) is 16.3. The van der Waals surface area contributed by atoms with Crippen LogP contribution in [-0.4, -0.2) is 33.2 Å². The average molecular weight is 375 g/mol. The fourth-order valence-electron chi connectivity index (χ4n) is 2.66. The molecule has 0 saturated heterocycles. The molecule has 0 fully saturated rings. The van der Waals surface area contributed by atoms with Crippen molar-refractivity contribution in [2.75, 3.05) is 17.1 Å². The van der Waals surface area contributed by atoms with Gasteiger partial charge in [0.15, 0.2) is 0 Å². The lowest BCUT2D eigenvalue weighted by molar-refractivity contribution is -0.120. The summed E-state index contributed by atoms with van der Waals surface area (Å²) in [6.07, 6.45) is 2.76. The van der Waals surface area contributed by atoms with Gasteiger partial charge in [-0.3, -0.25) is 9.10 Å². The maximum atomic E-state index is 12.3. The maximum absolute atomic E-state index is 12.3. The van der Waals surface area contributed by atoms with Crippen LogP contribution in [0, 0.1) is 6.92 Å². The summed E-state index contributed by atoms with van der Waals surface area (Å²) in [4.78, 5) is 12.3. The van der Waals surface area contributed by atoms with Crippen LogP contribution in [0.1, 0.15) is 24.5 Å². The molecule has 0 radical (unpaired) electrons. The Morgan fingerprint density at radius 3 is 2.27 bits per heavy atom. The number of nitrogens with zero attached hydrogens (tertiary/aromatic N) is 1. The van der Waals surface area contributed by atoms with Gasteiger partial charge in [0.2, 0.25) is 15.9 Å². The third-order valence-corrected chi connectivity index (χ3v) is 5.27. The standard InChI is InChI=1S/C20H26N2O3S/c1-16-9-13-19(14-10-16)22(26(3,24)25)15-20(23)21-17(2)11-12-18-7-5-4-6-8-18/h4-10,13-14,17H,11-12,15H2,1-3H3,(H,21,23). The number of hydrogen-bond acceptors (Lipinski definition) is 3. The molecule has 0 aliphatic heterocycles. The molecule has 5 nitrogen and oxygen atoms in total. The van der Waals surface area contributed by atoms with Gasteiger partial charge < -0.3 is 5.32 Å². The van der Waals surface area contributed by atoms with Crippen molar-refractivity contribution in [2.45, 2.75) is 32.7 Å². The van der Waals surface area contributed by atoms with Crippen molar-refractivity contribution in [3.8, 4) is 0 Å². The van der Waals surface area contributed by atoms with Crippen LogP contribution in [0.2, 0.25) is 0 Å². The predicted octanol–water partition coefficient (Wildman–Crippen LogP) is 2.90. The van der Waals surface area contributed by atoms with Crippen molar-refractivity contribution in [2.24, 2.45) is 0 Å². The number of nitrogens with one attached hydrogen (secondary N) is 1. The normalized spacial score (nSPS) is 12.4. The Morgan fingerprint density at radius 2 is 1.69 bits per heavy atom. The van der Waals surface area contributed by atoms with Crippen LogP contribution in [0.3, 0.4) is 0 Å². The number of sulfonamides is 1. The van der Waals surface area contributed by atoms with Crippen LogP contribution in [0.5, 0.6) is 0 Å². The molecular weight excluding hydrogens is 348 g/mol. The zero-order valence-electron chi connectivity index (χ0n) is 15.5. The number of rotatable bonds is 8. The van der Waals surface area contributed by atoms with Gasteiger partial charge in [-0.1, -0.05) is 48.0 Å². The number of hydrogen-bond donors (Lipinski definition) is 1. The number of carbonyl (C=O) groups is 1. The monoisotopic (exact) mass is 374 g/mol. The van der Waals surface area contributed by atoms with Crippen molar-refractivity contribution in [1.82, 2.24) is 5.32 Å². The van der Waals surface area contributed by atoms with Gasteiger partial charge in [-0.2, -0.15) is 0 Å². The molecule has 2 rings (SSSR count). The molecule has 1 atom stereocenters. The van der Waals surface area contributed by atoms with Crippen LogP contribution in [0.25, 0.3) is 0 Å². The van der Waals surface area contributed by atoms with E-state index in [1.54, 1.807) is 12.1 Å². The van der Waals surface area contributed by atoms with Crippen LogP contribution in [-0.2, 0) is 21.2 Å². The summed E-state index contributed by atoms with van der Waals surface area (Å²) < 4.78 is 25.3. The van der Waals surface area contributed by atoms with Crippen LogP contribution < -0.4 is 9.62 Å². The van der Waals surface area contributed by atoms with E-state index in [1.807, 2.05) is 44.2 Å². The summed E-state index contributed by atoms with van der Waals surface area (Å²) in [5.41, 5.74) is 2.73. The summed E-state index contributed by atoms with van der Waals surface area (Å²) >= 11 is 0. The fourth-order valence-corrected chi connectivity index (χ4v) is 3.52. The molecule has 1 unspecified atom stereocenters. The molecule has 6 heteroatoms. The van der Waals surface area contributed by atoms with E-state index < -0.39 is 10.0 Å². The molecule has 0 saturated carbocycles. The third-order valence-electron chi connectivity index (χ3n) is 4.13. The first kappa shape index (κ1) is 20.0. The summed E-state index contributed by atoms with van der Waals surface area (Å²) in [5, 5.41) is 2.89. The van der Waals surface area contributed by atoms with E-state index in [0.717, 1.165) is 29.0 Å². The van der Waals surface area contributed by atoms with E-state index in [4.69, 9.17) is 0 Å². The maximum Gasteiger partial charge on any atom is 0.240 e. The lowest BCUT2D eigenvalue weighted by Crippen LogP contribution is -2.43. The molecule has 0 aliphatic rings. The molecule has 0 bridgehead atoms. The summed E-state index contributed by atoms with van der Waals surface area (Å²) in [7, 11) is -3.54. The summed E-state index contributed by atoms with van der Waals surface area (Å²) in [6.45, 7) is 3.63. The second-order valence-electron chi connectivity index (χ2n) is 6.60. The summed E-state index contributed by atoms with van der Waals surface area (Å²) in [6, 6.07) is 17.1. The van der Waals surface area contributed by atoms with E-state index in [1.165, 1.54) is 5.56 Å². The van der Waals surface area contributed by atoms with Gasteiger partial charge in [0.1, 0.15) is 6.54 Å². The first-order chi connectivity index (χ1) is 12.3. The SMILES string of the molecule is Cc1ccc(N(CC(=O)NC(C)CCc2ccccc2)S(C)(=O)=O)cc1. The van der Waals surface area contributed by atoms with E-state index in [-0.39, 0.29) is 18.5 Å². The highest BCUT2D eigenvalue weighted by Gasteiger charge is 2.21. The number of carbonyl (C=O) groups excluding carboxylic acids is 1. The number of aryl methyl sites for hydroxylation is 2. The van der Waals surface area contributed by atoms with E-state index in [0.29, 0.717) is 5.69 Å². The van der Waals surface area contributed by atoms with Gasteiger partial charge in [0.25, 0.3) is 0 Å². The van der Waals surface area contributed by atoms with Gasteiger partial charge in [-0.25, -0.2) is 8.42 Å². The molecule has 2 aromatic carbocycles. The highest BCUT2D eigenvalue weighted by atomic mass is 32.2. The minimum atomic E-state index is -3.54. The van der Waals surface area contributed by atoms with Crippen LogP contribution >= 0.6 is 0 Å². The van der Waals surface area contributed by atoms with Crippen LogP contribution in [0.4, 0.5) is 5.69 Å². The zero-order chi connectivity index (χ0) is 19.2. The largest absolute Gasteiger partial charge is 0.352 e. The molecule has 0 heterocycles. The van der Waals surface area contributed by atoms with E-state index in [2.05, 4.69) is 17.4 Å². The molecule has 1 N–H and O–H groups in total. The Bertz CT molecular complexity index is 818. The molecule has 0 aliphatic carbocycles. The number of anilines is 1. The Kier molecular flexibility index (Phi) is 6.80. The van der Waals surface area contributed by atoms with Crippen molar-refractivity contribution < 1.29 is 13.2 Å². The van der Waals surface area contributed by atoms with Crippen LogP contribution in [0.15, 0.2) is 54.6 Å². The minimum absolute atomic E-state index is 0.0397. The van der Waals surface area contributed by atoms with E-state index in [9.17, 15) is 13.2 Å². The molecule has 0 spiro atoms. The average Bonchev–Trinajstić information content (AvgIpc) is 2.59. The lowest BCUT2D eigenvalue weighted by Gasteiger charge is -2.23. The molecule has 2 aromatic rings. The van der Waals surface area contributed by atoms with Gasteiger partial charge in [0, 0.05) is 6.04 Å². The van der Waals surface area contributed by atoms with E-state index >= 15 is 0 Å². The molecule has 0 aromatic heterocycles. The number of benzene rings is 2. The van der Waals surface area contributed by atoms with Gasteiger partial charge in [-0.05, 0) is 44.4 Å². The molecule has 26 heavy (non-hydrogen) atoms. The Balaban J connectivity index is 1.95. The van der Waals surface area contributed by atoms with Crippen molar-refractivity contribution in [1.29, 1.82) is 0 Å². The van der Waals surface area contributed by atoms with Crippen molar-refractivity contribution >= 4 is 21.6 Å². The van der Waals surface area contributed by atoms with Gasteiger partial charge in [0.05, 0.1) is 11.9 Å². The lowest BCUT2D eigenvalue weighted by atomic mass is 10.1. The van der Waals surface area contributed by atoms with Crippen molar-refractivity contribution in [3.05, 3.63) is 65.7 Å². The molecule has 140 valence electrons. The highest BCUT2D eigenvalue weighted by Crippen LogP contribution is 2.18. The molecule has 1 amide bonds. The van der Waals surface area contributed by atoms with Gasteiger partial charge >= 0.3 is 0 Å². The minimum Gasteiger partial charge on any atom is -0.352 e. The Hall–Kier alpha value is -2.34. The Labute approximate surface area is 156 Å². The third kappa shape index (κ3) is 6.19. The second-order valence-corrected chi connectivity index (χ2v) is 8.50. The quantitative estimate of drug-likeness (QED) is 0.773. The fraction of sp³-hybridized carbons (Fsp3) is 0.350. The second kappa shape index (κ2) is 8.85. The van der Waals surface area contributed by atoms with Gasteiger partial charge in [-0.15, -0.1) is 0 Å². The first-order valence-electron chi connectivity index (χ1n) is 8.63. The Morgan fingerprint density at radius 1 is 1.08 bits per heavy atom. The molecular formula is C20H26N2O3S. The first-order valence-corrected chi connectivity index (χ1v) is 10.5. The predicted molar refractivity (Wildman–Crippen MR) is 106 cm³/mol. The summed E-state index contributed by atoms with van der Waals surface area (Å²) in [5.74, 6) is -0.309. The topological polar surface area (TPSA) is 66.5 Å². The van der Waals surface area contributed by atoms with Crippen molar-refractivity contribution in [3.63, 3.8) is 0 Å². The number of amides is 1. The smallest absolute Gasteiger partial charge is 0.240 e. The highest BCUT2D eigenvalue weighted by molar-refractivity contribution is 7.92.